The van der Waals surface area contributed by atoms with E-state index in [0.717, 1.165) is 17.1 Å². The van der Waals surface area contributed by atoms with Crippen LogP contribution in [0.3, 0.4) is 0 Å². The summed E-state index contributed by atoms with van der Waals surface area (Å²) >= 11 is 0. The molecule has 6 aromatic rings. The summed E-state index contributed by atoms with van der Waals surface area (Å²) in [5.74, 6) is 0.982. The smallest absolute Gasteiger partial charge is 0.162 e. The molecule has 0 saturated carbocycles. The predicted octanol–water partition coefficient (Wildman–Crippen LogP) is 5.59. The van der Waals surface area contributed by atoms with E-state index in [1.54, 1.807) is 12.4 Å². The molecular formula is C28H24FN7O. The largest absolute Gasteiger partial charge is 0.377 e. The fourth-order valence-corrected chi connectivity index (χ4v) is 4.42. The van der Waals surface area contributed by atoms with Gasteiger partial charge < -0.3 is 15.0 Å². The molecule has 184 valence electrons. The van der Waals surface area contributed by atoms with Crippen LogP contribution >= 0.6 is 0 Å². The highest BCUT2D eigenvalue weighted by Gasteiger charge is 2.23. The Morgan fingerprint density at radius 2 is 1.76 bits per heavy atom. The number of hydrogen-bond donors (Lipinski definition) is 2. The third kappa shape index (κ3) is 4.76. The highest BCUT2D eigenvalue weighted by Crippen LogP contribution is 2.30. The first kappa shape index (κ1) is 22.8. The number of fused-ring (bicyclic) bond motifs is 2. The van der Waals surface area contributed by atoms with Gasteiger partial charge in [-0.3, -0.25) is 4.57 Å². The van der Waals surface area contributed by atoms with Gasteiger partial charge in [0.25, 0.3) is 0 Å². The van der Waals surface area contributed by atoms with Crippen molar-refractivity contribution in [3.63, 3.8) is 0 Å². The monoisotopic (exact) mass is 493 g/mol. The lowest BCUT2D eigenvalue weighted by Crippen LogP contribution is -2.19. The van der Waals surface area contributed by atoms with E-state index in [1.807, 2.05) is 65.2 Å². The molecule has 2 N–H and O–H groups in total. The first-order valence-corrected chi connectivity index (χ1v) is 12.0. The number of nitrogens with one attached hydrogen (secondary N) is 2. The summed E-state index contributed by atoms with van der Waals surface area (Å²) < 4.78 is 22.3. The minimum absolute atomic E-state index is 0.318. The van der Waals surface area contributed by atoms with Crippen LogP contribution in [0.25, 0.3) is 27.9 Å². The first-order valence-electron chi connectivity index (χ1n) is 12.0. The third-order valence-electron chi connectivity index (χ3n) is 6.16. The molecule has 37 heavy (non-hydrogen) atoms. The molecule has 3 aromatic heterocycles. The summed E-state index contributed by atoms with van der Waals surface area (Å²) in [5.41, 5.74) is 4.64. The fraction of sp³-hybridized carbons (Fsp3) is 0.143. The number of nitrogens with zero attached hydrogens (tertiary/aromatic N) is 5. The maximum Gasteiger partial charge on any atom is 0.162 e. The van der Waals surface area contributed by atoms with Crippen molar-refractivity contribution >= 4 is 28.0 Å². The molecule has 0 unspecified atom stereocenters. The number of benzene rings is 3. The van der Waals surface area contributed by atoms with Gasteiger partial charge in [-0.25, -0.2) is 24.3 Å². The quantitative estimate of drug-likeness (QED) is 0.255. The van der Waals surface area contributed by atoms with Crippen LogP contribution in [-0.2, 0) is 11.3 Å². The maximum atomic E-state index is 14.3. The van der Waals surface area contributed by atoms with Crippen LogP contribution in [0.5, 0.6) is 0 Å². The van der Waals surface area contributed by atoms with Crippen LogP contribution in [-0.4, -0.2) is 36.1 Å². The van der Waals surface area contributed by atoms with E-state index < -0.39 is 0 Å². The highest BCUT2D eigenvalue weighted by molar-refractivity contribution is 5.82. The lowest BCUT2D eigenvalue weighted by molar-refractivity contribution is 0.115. The first-order chi connectivity index (χ1) is 18.3. The Balaban J connectivity index is 1.39. The van der Waals surface area contributed by atoms with Crippen LogP contribution in [0.4, 0.5) is 10.2 Å². The second-order valence-electron chi connectivity index (χ2n) is 8.62. The Bertz CT molecular complexity index is 1630. The summed E-state index contributed by atoms with van der Waals surface area (Å²) in [7, 11) is 0. The van der Waals surface area contributed by atoms with E-state index in [2.05, 4.69) is 25.3 Å². The normalized spacial score (nSPS) is 12.2. The van der Waals surface area contributed by atoms with Gasteiger partial charge in [0, 0.05) is 18.4 Å². The van der Waals surface area contributed by atoms with E-state index in [4.69, 9.17) is 9.72 Å². The lowest BCUT2D eigenvalue weighted by Gasteiger charge is -2.21. The molecule has 0 saturated heterocycles. The van der Waals surface area contributed by atoms with Crippen LogP contribution < -0.4 is 5.32 Å². The number of aromatic amines is 1. The molecule has 3 aromatic carbocycles. The van der Waals surface area contributed by atoms with Gasteiger partial charge in [0.2, 0.25) is 0 Å². The maximum absolute atomic E-state index is 14.3. The molecule has 0 fully saturated rings. The van der Waals surface area contributed by atoms with Gasteiger partial charge in [0.15, 0.2) is 11.5 Å². The van der Waals surface area contributed by atoms with E-state index in [9.17, 15) is 4.39 Å². The van der Waals surface area contributed by atoms with Gasteiger partial charge in [-0.15, -0.1) is 0 Å². The molecule has 0 aliphatic heterocycles. The number of anilines is 1. The van der Waals surface area contributed by atoms with Crippen molar-refractivity contribution in [2.45, 2.75) is 19.1 Å². The van der Waals surface area contributed by atoms with Crippen LogP contribution in [0.1, 0.15) is 23.9 Å². The Morgan fingerprint density at radius 3 is 2.59 bits per heavy atom. The highest BCUT2D eigenvalue weighted by atomic mass is 19.1. The Kier molecular flexibility index (Phi) is 6.26. The number of ether oxygens (including phenoxy) is 1. The molecular weight excluding hydrogens is 469 g/mol. The Labute approximate surface area is 212 Å². The van der Waals surface area contributed by atoms with Crippen molar-refractivity contribution in [2.24, 2.45) is 0 Å². The summed E-state index contributed by atoms with van der Waals surface area (Å²) in [5, 5.41) is 3.52. The minimum Gasteiger partial charge on any atom is -0.377 e. The van der Waals surface area contributed by atoms with Gasteiger partial charge in [-0.2, -0.15) is 0 Å². The predicted molar refractivity (Wildman–Crippen MR) is 140 cm³/mol. The molecule has 0 radical (unpaired) electrons. The van der Waals surface area contributed by atoms with Crippen LogP contribution in [0, 0.1) is 5.82 Å². The number of halogens is 1. The van der Waals surface area contributed by atoms with E-state index in [1.165, 1.54) is 18.5 Å². The molecule has 9 heteroatoms. The second-order valence-corrected chi connectivity index (χ2v) is 8.62. The molecule has 3 heterocycles. The van der Waals surface area contributed by atoms with E-state index >= 15 is 0 Å². The fourth-order valence-electron chi connectivity index (χ4n) is 4.42. The average molecular weight is 494 g/mol. The number of H-pyrrole nitrogens is 1. The number of rotatable bonds is 9. The van der Waals surface area contributed by atoms with Crippen molar-refractivity contribution in [1.82, 2.24) is 29.5 Å². The summed E-state index contributed by atoms with van der Waals surface area (Å²) in [4.78, 5) is 21.0. The number of imidazole rings is 2. The van der Waals surface area contributed by atoms with E-state index in [-0.39, 0.29) is 11.9 Å². The molecule has 8 nitrogen and oxygen atoms in total. The summed E-state index contributed by atoms with van der Waals surface area (Å²) in [6, 6.07) is 24.2. The van der Waals surface area contributed by atoms with Gasteiger partial charge in [0.05, 0.1) is 30.0 Å². The average Bonchev–Trinajstić information content (AvgIpc) is 3.57. The number of aromatic nitrogens is 6. The zero-order valence-corrected chi connectivity index (χ0v) is 19.9. The number of para-hydroxylation sites is 1. The topological polar surface area (TPSA) is 93.5 Å². The SMILES string of the molecule is Fc1ccc2nc([C@H](CCOCc3ccccc3)Nc3ncnc4[nH]cnc34)n(-c3ccccc3)c2c1. The zero-order chi connectivity index (χ0) is 25.0. The third-order valence-corrected chi connectivity index (χ3v) is 6.16. The molecule has 0 spiro atoms. The molecule has 1 atom stereocenters. The van der Waals surface area contributed by atoms with Crippen molar-refractivity contribution in [2.75, 3.05) is 11.9 Å². The molecule has 6 rings (SSSR count). The minimum atomic E-state index is -0.319. The van der Waals surface area contributed by atoms with Gasteiger partial charge in [-0.05, 0) is 36.2 Å². The zero-order valence-electron chi connectivity index (χ0n) is 19.9. The van der Waals surface area contributed by atoms with Gasteiger partial charge >= 0.3 is 0 Å². The lowest BCUT2D eigenvalue weighted by atomic mass is 10.1. The molecule has 0 bridgehead atoms. The van der Waals surface area contributed by atoms with Crippen LogP contribution in [0.2, 0.25) is 0 Å². The van der Waals surface area contributed by atoms with Crippen molar-refractivity contribution in [3.05, 3.63) is 109 Å². The number of hydrogen-bond acceptors (Lipinski definition) is 6. The van der Waals surface area contributed by atoms with Gasteiger partial charge in [0.1, 0.15) is 23.5 Å². The molecule has 0 aliphatic rings. The van der Waals surface area contributed by atoms with Gasteiger partial charge in [-0.1, -0.05) is 48.5 Å². The second kappa shape index (κ2) is 10.2. The summed E-state index contributed by atoms with van der Waals surface area (Å²) in [6.45, 7) is 0.971. The van der Waals surface area contributed by atoms with Crippen molar-refractivity contribution < 1.29 is 9.13 Å². The van der Waals surface area contributed by atoms with E-state index in [0.29, 0.717) is 47.6 Å². The van der Waals surface area contributed by atoms with Crippen molar-refractivity contribution in [3.8, 4) is 5.69 Å². The Morgan fingerprint density at radius 1 is 0.946 bits per heavy atom. The van der Waals surface area contributed by atoms with Crippen molar-refractivity contribution in [1.29, 1.82) is 0 Å². The Hall–Kier alpha value is -4.63. The standard InChI is InChI=1S/C28H24FN7O/c29-20-11-12-22-24(15-20)36(21-9-5-2-6-10-21)28(35-22)23(13-14-37-16-19-7-3-1-4-8-19)34-27-25-26(31-17-30-25)32-18-33-27/h1-12,15,17-18,23H,13-14,16H2,(H2,30,31,32,33,34)/t23-/m0/s1. The van der Waals surface area contributed by atoms with Crippen LogP contribution in [0.15, 0.2) is 91.5 Å². The molecule has 0 amide bonds. The summed E-state index contributed by atoms with van der Waals surface area (Å²) in [6.07, 6.45) is 3.66. The molecule has 0 aliphatic carbocycles.